The molecule has 1 saturated heterocycles. The molecule has 0 spiro atoms. The van der Waals surface area contributed by atoms with E-state index in [0.717, 1.165) is 30.9 Å². The molecule has 1 aliphatic heterocycles. The van der Waals surface area contributed by atoms with Gasteiger partial charge in [-0.05, 0) is 38.1 Å². The van der Waals surface area contributed by atoms with Gasteiger partial charge in [0.25, 0.3) is 0 Å². The average Bonchev–Trinajstić information content (AvgIpc) is 2.77. The van der Waals surface area contributed by atoms with Crippen molar-refractivity contribution in [2.24, 2.45) is 5.41 Å². The highest BCUT2D eigenvalue weighted by molar-refractivity contribution is 6.31. The molecule has 2 N–H and O–H groups in total. The number of carbonyl (C=O) groups is 1. The van der Waals surface area contributed by atoms with Crippen LogP contribution in [-0.2, 0) is 4.79 Å². The first kappa shape index (κ1) is 14.2. The number of benzene rings is 1. The highest BCUT2D eigenvalue weighted by Crippen LogP contribution is 2.31. The number of hydrogen-bond donors (Lipinski definition) is 2. The summed E-state index contributed by atoms with van der Waals surface area (Å²) in [6.45, 7) is 3.60. The zero-order chi connectivity index (χ0) is 14.0. The molecule has 1 atom stereocenters. The van der Waals surface area contributed by atoms with Gasteiger partial charge in [-0.2, -0.15) is 0 Å². The molecule has 5 heteroatoms. The molecule has 0 aliphatic carbocycles. The van der Waals surface area contributed by atoms with Crippen LogP contribution in [0.25, 0.3) is 0 Å². The lowest BCUT2D eigenvalue weighted by atomic mass is 9.88. The minimum Gasteiger partial charge on any atom is -0.376 e. The molecule has 1 amide bonds. The van der Waals surface area contributed by atoms with E-state index in [1.165, 1.54) is 0 Å². The Hall–Kier alpha value is -1.26. The minimum atomic E-state index is -0.341. The van der Waals surface area contributed by atoms with Gasteiger partial charge in [-0.3, -0.25) is 4.79 Å². The first-order valence-corrected chi connectivity index (χ1v) is 6.79. The molecular weight excluding hydrogens is 262 g/mol. The van der Waals surface area contributed by atoms with Crippen LogP contribution in [0.1, 0.15) is 13.3 Å². The molecule has 2 rings (SSSR count). The summed E-state index contributed by atoms with van der Waals surface area (Å²) in [7, 11) is 3.88. The second-order valence-electron chi connectivity index (χ2n) is 5.50. The molecule has 1 fully saturated rings. The third-order valence-electron chi connectivity index (χ3n) is 3.61. The molecule has 1 unspecified atom stereocenters. The summed E-state index contributed by atoms with van der Waals surface area (Å²) in [6.07, 6.45) is 0.858. The van der Waals surface area contributed by atoms with Gasteiger partial charge in [0.15, 0.2) is 0 Å². The summed E-state index contributed by atoms with van der Waals surface area (Å²) in [5, 5.41) is 6.86. The molecule has 1 heterocycles. The molecule has 104 valence electrons. The van der Waals surface area contributed by atoms with Crippen LogP contribution in [-0.4, -0.2) is 33.1 Å². The maximum absolute atomic E-state index is 12.4. The molecule has 0 aromatic heterocycles. The van der Waals surface area contributed by atoms with Gasteiger partial charge in [-0.15, -0.1) is 0 Å². The fraction of sp³-hybridized carbons (Fsp3) is 0.500. The predicted octanol–water partition coefficient (Wildman–Crippen LogP) is 2.34. The Balaban J connectivity index is 2.23. The van der Waals surface area contributed by atoms with E-state index in [-0.39, 0.29) is 11.3 Å². The molecule has 0 radical (unpaired) electrons. The second kappa shape index (κ2) is 5.39. The number of amides is 1. The number of hydrogen-bond acceptors (Lipinski definition) is 3. The predicted molar refractivity (Wildman–Crippen MR) is 80.0 cm³/mol. The molecule has 1 aromatic rings. The van der Waals surface area contributed by atoms with E-state index in [2.05, 4.69) is 10.6 Å². The van der Waals surface area contributed by atoms with Crippen LogP contribution < -0.4 is 15.5 Å². The van der Waals surface area contributed by atoms with Gasteiger partial charge in [0, 0.05) is 25.7 Å². The van der Waals surface area contributed by atoms with E-state index in [4.69, 9.17) is 11.6 Å². The maximum atomic E-state index is 12.4. The summed E-state index contributed by atoms with van der Waals surface area (Å²) in [4.78, 5) is 14.4. The quantitative estimate of drug-likeness (QED) is 0.894. The van der Waals surface area contributed by atoms with E-state index in [0.29, 0.717) is 5.02 Å². The summed E-state index contributed by atoms with van der Waals surface area (Å²) >= 11 is 6.02. The zero-order valence-electron chi connectivity index (χ0n) is 11.6. The number of carbonyl (C=O) groups excluding carboxylic acids is 1. The molecule has 1 aliphatic rings. The highest BCUT2D eigenvalue weighted by atomic mass is 35.5. The topological polar surface area (TPSA) is 44.4 Å². The lowest BCUT2D eigenvalue weighted by molar-refractivity contribution is -0.123. The van der Waals surface area contributed by atoms with E-state index in [1.807, 2.05) is 38.1 Å². The van der Waals surface area contributed by atoms with Crippen LogP contribution in [0.5, 0.6) is 0 Å². The molecule has 4 nitrogen and oxygen atoms in total. The van der Waals surface area contributed by atoms with Crippen molar-refractivity contribution < 1.29 is 4.79 Å². The van der Waals surface area contributed by atoms with Gasteiger partial charge < -0.3 is 15.5 Å². The lowest BCUT2D eigenvalue weighted by Crippen LogP contribution is -2.35. The number of anilines is 2. The standard InChI is InChI=1S/C14H20ClN3O/c1-14(6-7-16-9-14)13(19)17-11-8-10(15)4-5-12(11)18(2)3/h4-5,8,16H,6-7,9H2,1-3H3,(H,17,19). The number of nitrogens with zero attached hydrogens (tertiary/aromatic N) is 1. The first-order chi connectivity index (χ1) is 8.92. The Morgan fingerprint density at radius 3 is 2.79 bits per heavy atom. The van der Waals surface area contributed by atoms with Gasteiger partial charge in [-0.25, -0.2) is 0 Å². The second-order valence-corrected chi connectivity index (χ2v) is 5.93. The monoisotopic (exact) mass is 281 g/mol. The highest BCUT2D eigenvalue weighted by Gasteiger charge is 2.36. The van der Waals surface area contributed by atoms with Crippen LogP contribution in [0.15, 0.2) is 18.2 Å². The van der Waals surface area contributed by atoms with Crippen molar-refractivity contribution >= 4 is 28.9 Å². The largest absolute Gasteiger partial charge is 0.376 e. The number of rotatable bonds is 3. The average molecular weight is 282 g/mol. The summed E-state index contributed by atoms with van der Waals surface area (Å²) in [6, 6.07) is 5.53. The molecular formula is C14H20ClN3O. The Kier molecular flexibility index (Phi) is 4.02. The van der Waals surface area contributed by atoms with E-state index < -0.39 is 0 Å². The van der Waals surface area contributed by atoms with E-state index in [1.54, 1.807) is 6.07 Å². The van der Waals surface area contributed by atoms with Gasteiger partial charge >= 0.3 is 0 Å². The third-order valence-corrected chi connectivity index (χ3v) is 3.84. The summed E-state index contributed by atoms with van der Waals surface area (Å²) in [5.41, 5.74) is 1.37. The van der Waals surface area contributed by atoms with Crippen LogP contribution in [0.4, 0.5) is 11.4 Å². The van der Waals surface area contributed by atoms with Crippen LogP contribution in [0, 0.1) is 5.41 Å². The van der Waals surface area contributed by atoms with Crippen molar-refractivity contribution in [1.29, 1.82) is 0 Å². The normalized spacial score (nSPS) is 22.3. The summed E-state index contributed by atoms with van der Waals surface area (Å²) in [5.74, 6) is 0.0443. The maximum Gasteiger partial charge on any atom is 0.231 e. The molecule has 0 saturated carbocycles. The first-order valence-electron chi connectivity index (χ1n) is 6.41. The fourth-order valence-electron chi connectivity index (χ4n) is 2.28. The molecule has 19 heavy (non-hydrogen) atoms. The Bertz CT molecular complexity index is 482. The van der Waals surface area contributed by atoms with E-state index in [9.17, 15) is 4.79 Å². The third kappa shape index (κ3) is 3.01. The van der Waals surface area contributed by atoms with Crippen LogP contribution >= 0.6 is 11.6 Å². The van der Waals surface area contributed by atoms with Crippen LogP contribution in [0.3, 0.4) is 0 Å². The van der Waals surface area contributed by atoms with E-state index >= 15 is 0 Å². The van der Waals surface area contributed by atoms with Crippen molar-refractivity contribution in [3.05, 3.63) is 23.2 Å². The molecule has 1 aromatic carbocycles. The van der Waals surface area contributed by atoms with Crippen molar-refractivity contribution in [2.45, 2.75) is 13.3 Å². The van der Waals surface area contributed by atoms with Crippen LogP contribution in [0.2, 0.25) is 5.02 Å². The fourth-order valence-corrected chi connectivity index (χ4v) is 2.45. The summed E-state index contributed by atoms with van der Waals surface area (Å²) < 4.78 is 0. The van der Waals surface area contributed by atoms with Gasteiger partial charge in [0.05, 0.1) is 16.8 Å². The van der Waals surface area contributed by atoms with Gasteiger partial charge in [-0.1, -0.05) is 11.6 Å². The Morgan fingerprint density at radius 1 is 1.47 bits per heavy atom. The lowest BCUT2D eigenvalue weighted by Gasteiger charge is -2.24. The SMILES string of the molecule is CN(C)c1ccc(Cl)cc1NC(=O)C1(C)CCNC1. The number of nitrogens with one attached hydrogen (secondary N) is 2. The Morgan fingerprint density at radius 2 is 2.21 bits per heavy atom. The number of halogens is 1. The Labute approximate surface area is 119 Å². The van der Waals surface area contributed by atoms with Crippen molar-refractivity contribution in [2.75, 3.05) is 37.4 Å². The van der Waals surface area contributed by atoms with Gasteiger partial charge in [0.1, 0.15) is 0 Å². The van der Waals surface area contributed by atoms with Gasteiger partial charge in [0.2, 0.25) is 5.91 Å². The minimum absolute atomic E-state index is 0.0443. The van der Waals surface area contributed by atoms with Crippen molar-refractivity contribution in [1.82, 2.24) is 5.32 Å². The smallest absolute Gasteiger partial charge is 0.231 e. The molecule has 0 bridgehead atoms. The zero-order valence-corrected chi connectivity index (χ0v) is 12.3. The van der Waals surface area contributed by atoms with Crippen molar-refractivity contribution in [3.63, 3.8) is 0 Å². The van der Waals surface area contributed by atoms with Crippen molar-refractivity contribution in [3.8, 4) is 0 Å².